The fraction of sp³-hybridized carbons (Fsp3) is 0.0667. The Morgan fingerprint density at radius 3 is 2.33 bits per heavy atom. The number of nitrogens with one attached hydrogen (secondary N) is 2. The lowest BCUT2D eigenvalue weighted by atomic mass is 10.1. The third kappa shape index (κ3) is 4.48. The molecular formula is C15H12Cl2N2O2. The molecular weight excluding hydrogens is 311 g/mol. The van der Waals surface area contributed by atoms with Gasteiger partial charge in [-0.25, -0.2) is 4.79 Å². The topological polar surface area (TPSA) is 58.2 Å². The van der Waals surface area contributed by atoms with Gasteiger partial charge in [-0.05, 0) is 18.2 Å². The van der Waals surface area contributed by atoms with Crippen molar-refractivity contribution in [2.24, 2.45) is 0 Å². The number of amides is 2. The maximum Gasteiger partial charge on any atom is 0.319 e. The minimum atomic E-state index is -0.488. The number of urea groups is 1. The third-order valence-corrected chi connectivity index (χ3v) is 3.42. The summed E-state index contributed by atoms with van der Waals surface area (Å²) in [7, 11) is 0. The fourth-order valence-corrected chi connectivity index (χ4v) is 1.93. The molecule has 0 heterocycles. The number of hydrogen-bond acceptors (Lipinski definition) is 2. The molecule has 21 heavy (non-hydrogen) atoms. The Morgan fingerprint density at radius 2 is 1.67 bits per heavy atom. The highest BCUT2D eigenvalue weighted by molar-refractivity contribution is 6.42. The summed E-state index contributed by atoms with van der Waals surface area (Å²) < 4.78 is 0. The zero-order chi connectivity index (χ0) is 15.2. The monoisotopic (exact) mass is 322 g/mol. The number of hydrogen-bond donors (Lipinski definition) is 2. The number of carbonyl (C=O) groups excluding carboxylic acids is 2. The molecule has 0 spiro atoms. The molecule has 2 amide bonds. The van der Waals surface area contributed by atoms with Crippen LogP contribution in [-0.2, 0) is 0 Å². The van der Waals surface area contributed by atoms with Crippen molar-refractivity contribution in [1.82, 2.24) is 5.32 Å². The predicted molar refractivity (Wildman–Crippen MR) is 84.3 cm³/mol. The van der Waals surface area contributed by atoms with Crippen LogP contribution in [0.2, 0.25) is 10.0 Å². The van der Waals surface area contributed by atoms with Crippen LogP contribution in [0, 0.1) is 0 Å². The van der Waals surface area contributed by atoms with Gasteiger partial charge < -0.3 is 10.6 Å². The molecule has 0 bridgehead atoms. The molecule has 4 nitrogen and oxygen atoms in total. The molecule has 0 atom stereocenters. The van der Waals surface area contributed by atoms with Crippen LogP contribution in [-0.4, -0.2) is 18.4 Å². The van der Waals surface area contributed by atoms with E-state index in [9.17, 15) is 9.59 Å². The van der Waals surface area contributed by atoms with Gasteiger partial charge in [0.2, 0.25) is 0 Å². The summed E-state index contributed by atoms with van der Waals surface area (Å²) in [6, 6.07) is 13.0. The van der Waals surface area contributed by atoms with E-state index in [1.807, 2.05) is 6.07 Å². The SMILES string of the molecule is O=C(NCC(=O)c1ccccc1)Nc1ccc(Cl)c(Cl)c1. The van der Waals surface area contributed by atoms with E-state index < -0.39 is 6.03 Å². The first-order chi connectivity index (χ1) is 10.1. The van der Waals surface area contributed by atoms with Crippen molar-refractivity contribution in [1.29, 1.82) is 0 Å². The average molecular weight is 323 g/mol. The molecule has 2 aromatic carbocycles. The Hall–Kier alpha value is -2.04. The summed E-state index contributed by atoms with van der Waals surface area (Å²) in [6.45, 7) is -0.0861. The normalized spacial score (nSPS) is 10.0. The van der Waals surface area contributed by atoms with Crippen molar-refractivity contribution in [3.05, 3.63) is 64.1 Å². The number of carbonyl (C=O) groups is 2. The lowest BCUT2D eigenvalue weighted by Gasteiger charge is -2.08. The molecule has 0 unspecified atom stereocenters. The minimum Gasteiger partial charge on any atom is -0.330 e. The zero-order valence-corrected chi connectivity index (χ0v) is 12.4. The Bertz CT molecular complexity index is 660. The summed E-state index contributed by atoms with van der Waals surface area (Å²) >= 11 is 11.6. The number of benzene rings is 2. The van der Waals surface area contributed by atoms with Gasteiger partial charge >= 0.3 is 6.03 Å². The standard InChI is InChI=1S/C15H12Cl2N2O2/c16-12-7-6-11(8-13(12)17)19-15(21)18-9-14(20)10-4-2-1-3-5-10/h1-8H,9H2,(H2,18,19,21). The maximum absolute atomic E-state index is 11.8. The molecule has 108 valence electrons. The average Bonchev–Trinajstić information content (AvgIpc) is 2.49. The second-order valence-electron chi connectivity index (χ2n) is 4.23. The van der Waals surface area contributed by atoms with Crippen LogP contribution in [0.4, 0.5) is 10.5 Å². The van der Waals surface area contributed by atoms with Crippen molar-refractivity contribution in [2.75, 3.05) is 11.9 Å². The Kier molecular flexibility index (Phi) is 5.20. The van der Waals surface area contributed by atoms with Crippen molar-refractivity contribution < 1.29 is 9.59 Å². The first-order valence-electron chi connectivity index (χ1n) is 6.14. The Morgan fingerprint density at radius 1 is 0.952 bits per heavy atom. The van der Waals surface area contributed by atoms with Gasteiger partial charge in [-0.1, -0.05) is 53.5 Å². The van der Waals surface area contributed by atoms with Crippen LogP contribution in [0.15, 0.2) is 48.5 Å². The largest absolute Gasteiger partial charge is 0.330 e. The fourth-order valence-electron chi connectivity index (χ4n) is 1.64. The van der Waals surface area contributed by atoms with Gasteiger partial charge in [0.1, 0.15) is 0 Å². The first kappa shape index (κ1) is 15.4. The molecule has 2 rings (SSSR count). The number of rotatable bonds is 4. The Balaban J connectivity index is 1.87. The number of Topliss-reactive ketones (excluding diaryl/α,β-unsaturated/α-hetero) is 1. The zero-order valence-electron chi connectivity index (χ0n) is 10.9. The van der Waals surface area contributed by atoms with Crippen molar-refractivity contribution in [3.63, 3.8) is 0 Å². The molecule has 0 saturated heterocycles. The van der Waals surface area contributed by atoms with Gasteiger partial charge in [-0.2, -0.15) is 0 Å². The first-order valence-corrected chi connectivity index (χ1v) is 6.90. The van der Waals surface area contributed by atoms with Crippen molar-refractivity contribution in [2.45, 2.75) is 0 Å². The van der Waals surface area contributed by atoms with E-state index in [0.29, 0.717) is 21.3 Å². The molecule has 0 fully saturated rings. The van der Waals surface area contributed by atoms with E-state index in [1.165, 1.54) is 6.07 Å². The van der Waals surface area contributed by atoms with E-state index in [-0.39, 0.29) is 12.3 Å². The summed E-state index contributed by atoms with van der Waals surface area (Å²) in [5.41, 5.74) is 1.04. The summed E-state index contributed by atoms with van der Waals surface area (Å²) in [6.07, 6.45) is 0. The van der Waals surface area contributed by atoms with E-state index in [1.54, 1.807) is 36.4 Å². The molecule has 0 aliphatic heterocycles. The maximum atomic E-state index is 11.8. The lowest BCUT2D eigenvalue weighted by molar-refractivity contribution is 0.0993. The van der Waals surface area contributed by atoms with Gasteiger partial charge in [-0.3, -0.25) is 4.79 Å². The van der Waals surface area contributed by atoms with Crippen LogP contribution in [0.25, 0.3) is 0 Å². The molecule has 6 heteroatoms. The Labute approximate surface area is 132 Å². The summed E-state index contributed by atoms with van der Waals surface area (Å²) in [5.74, 6) is -0.167. The molecule has 0 aromatic heterocycles. The molecule has 2 N–H and O–H groups in total. The summed E-state index contributed by atoms with van der Waals surface area (Å²) in [4.78, 5) is 23.5. The van der Waals surface area contributed by atoms with E-state index in [2.05, 4.69) is 10.6 Å². The van der Waals surface area contributed by atoms with E-state index >= 15 is 0 Å². The van der Waals surface area contributed by atoms with Crippen LogP contribution in [0.3, 0.4) is 0 Å². The van der Waals surface area contributed by atoms with Crippen LogP contribution in [0.5, 0.6) is 0 Å². The van der Waals surface area contributed by atoms with Gasteiger partial charge in [0.05, 0.1) is 16.6 Å². The molecule has 0 aliphatic rings. The van der Waals surface area contributed by atoms with Crippen LogP contribution < -0.4 is 10.6 Å². The second kappa shape index (κ2) is 7.11. The molecule has 0 radical (unpaired) electrons. The summed E-state index contributed by atoms with van der Waals surface area (Å²) in [5, 5.41) is 5.81. The van der Waals surface area contributed by atoms with Crippen molar-refractivity contribution >= 4 is 40.7 Å². The number of ketones is 1. The van der Waals surface area contributed by atoms with Gasteiger partial charge in [0, 0.05) is 11.3 Å². The highest BCUT2D eigenvalue weighted by atomic mass is 35.5. The van der Waals surface area contributed by atoms with Gasteiger partial charge in [0.15, 0.2) is 5.78 Å². The second-order valence-corrected chi connectivity index (χ2v) is 5.04. The quantitative estimate of drug-likeness (QED) is 0.836. The predicted octanol–water partition coefficient (Wildman–Crippen LogP) is 4.00. The van der Waals surface area contributed by atoms with Crippen molar-refractivity contribution in [3.8, 4) is 0 Å². The van der Waals surface area contributed by atoms with Crippen LogP contribution in [0.1, 0.15) is 10.4 Å². The lowest BCUT2D eigenvalue weighted by Crippen LogP contribution is -2.33. The number of anilines is 1. The molecule has 0 aliphatic carbocycles. The number of halogens is 2. The highest BCUT2D eigenvalue weighted by Crippen LogP contribution is 2.24. The third-order valence-electron chi connectivity index (χ3n) is 2.68. The smallest absolute Gasteiger partial charge is 0.319 e. The van der Waals surface area contributed by atoms with Gasteiger partial charge in [0.25, 0.3) is 0 Å². The molecule has 2 aromatic rings. The highest BCUT2D eigenvalue weighted by Gasteiger charge is 2.08. The molecule has 0 saturated carbocycles. The van der Waals surface area contributed by atoms with E-state index in [4.69, 9.17) is 23.2 Å². The minimum absolute atomic E-state index is 0.0861. The van der Waals surface area contributed by atoms with Gasteiger partial charge in [-0.15, -0.1) is 0 Å². The van der Waals surface area contributed by atoms with Crippen LogP contribution >= 0.6 is 23.2 Å². The van der Waals surface area contributed by atoms with E-state index in [0.717, 1.165) is 0 Å².